The summed E-state index contributed by atoms with van der Waals surface area (Å²) in [6, 6.07) is 4.91. The second-order valence-corrected chi connectivity index (χ2v) is 4.77. The summed E-state index contributed by atoms with van der Waals surface area (Å²) in [5, 5.41) is 28.8. The molecule has 0 heterocycles. The van der Waals surface area contributed by atoms with E-state index < -0.39 is 6.10 Å². The number of nitrogens with zero attached hydrogens (tertiary/aromatic N) is 1. The summed E-state index contributed by atoms with van der Waals surface area (Å²) >= 11 is 11.8. The summed E-state index contributed by atoms with van der Waals surface area (Å²) in [6.45, 7) is 1.02. The van der Waals surface area contributed by atoms with Gasteiger partial charge in [0.15, 0.2) is 0 Å². The molecule has 0 bridgehead atoms. The fourth-order valence-electron chi connectivity index (χ4n) is 1.69. The Morgan fingerprint density at radius 3 is 2.22 bits per heavy atom. The van der Waals surface area contributed by atoms with Crippen molar-refractivity contribution >= 4 is 23.2 Å². The van der Waals surface area contributed by atoms with Crippen LogP contribution in [0.25, 0.3) is 0 Å². The smallest absolute Gasteiger partial charge is 0.0931 e. The summed E-state index contributed by atoms with van der Waals surface area (Å²) < 4.78 is 0. The van der Waals surface area contributed by atoms with Gasteiger partial charge in [0.25, 0.3) is 0 Å². The zero-order chi connectivity index (χ0) is 13.5. The van der Waals surface area contributed by atoms with E-state index in [-0.39, 0.29) is 13.2 Å². The third kappa shape index (κ3) is 4.72. The minimum absolute atomic E-state index is 0.0267. The molecule has 0 saturated carbocycles. The molecule has 0 spiro atoms. The number of aliphatic hydroxyl groups is 3. The van der Waals surface area contributed by atoms with Crippen molar-refractivity contribution in [3.8, 4) is 0 Å². The molecule has 0 radical (unpaired) electrons. The van der Waals surface area contributed by atoms with Crippen LogP contribution in [-0.4, -0.2) is 53.1 Å². The molecule has 1 aromatic rings. The fourth-order valence-corrected chi connectivity index (χ4v) is 2.23. The molecule has 6 heteroatoms. The van der Waals surface area contributed by atoms with Crippen LogP contribution in [0, 0.1) is 0 Å². The van der Waals surface area contributed by atoms with E-state index in [9.17, 15) is 5.11 Å². The molecule has 0 fully saturated rings. The van der Waals surface area contributed by atoms with Crippen molar-refractivity contribution in [3.05, 3.63) is 33.8 Å². The van der Waals surface area contributed by atoms with Crippen molar-refractivity contribution in [1.82, 2.24) is 4.90 Å². The van der Waals surface area contributed by atoms with Crippen LogP contribution in [0.2, 0.25) is 10.0 Å². The Morgan fingerprint density at radius 1 is 1.11 bits per heavy atom. The Balaban J connectivity index is 2.70. The Bertz CT molecular complexity index is 370. The second-order valence-electron chi connectivity index (χ2n) is 3.93. The average molecular weight is 294 g/mol. The highest BCUT2D eigenvalue weighted by molar-refractivity contribution is 6.35. The third-order valence-electron chi connectivity index (χ3n) is 2.59. The standard InChI is InChI=1S/C12H17Cl2NO3/c13-9-1-2-10(11(14)7-9)12(18)8-15(3-5-16)4-6-17/h1-2,7,12,16-18H,3-6,8H2. The van der Waals surface area contributed by atoms with Crippen molar-refractivity contribution in [2.45, 2.75) is 6.10 Å². The van der Waals surface area contributed by atoms with Gasteiger partial charge in [-0.2, -0.15) is 0 Å². The Labute approximate surface area is 116 Å². The first-order chi connectivity index (χ1) is 8.58. The van der Waals surface area contributed by atoms with Gasteiger partial charge >= 0.3 is 0 Å². The topological polar surface area (TPSA) is 63.9 Å². The van der Waals surface area contributed by atoms with Crippen LogP contribution >= 0.6 is 23.2 Å². The number of hydrogen-bond donors (Lipinski definition) is 3. The van der Waals surface area contributed by atoms with E-state index in [4.69, 9.17) is 33.4 Å². The first-order valence-corrected chi connectivity index (χ1v) is 6.41. The quantitative estimate of drug-likeness (QED) is 0.709. The molecule has 1 atom stereocenters. The summed E-state index contributed by atoms with van der Waals surface area (Å²) in [4.78, 5) is 1.76. The van der Waals surface area contributed by atoms with E-state index in [1.807, 2.05) is 0 Å². The lowest BCUT2D eigenvalue weighted by Gasteiger charge is -2.24. The lowest BCUT2D eigenvalue weighted by atomic mass is 10.1. The van der Waals surface area contributed by atoms with Crippen LogP contribution in [-0.2, 0) is 0 Å². The zero-order valence-corrected chi connectivity index (χ0v) is 11.4. The maximum Gasteiger partial charge on any atom is 0.0931 e. The molecule has 1 unspecified atom stereocenters. The van der Waals surface area contributed by atoms with Gasteiger partial charge in [0.2, 0.25) is 0 Å². The van der Waals surface area contributed by atoms with Crippen LogP contribution in [0.15, 0.2) is 18.2 Å². The van der Waals surface area contributed by atoms with Gasteiger partial charge in [0, 0.05) is 35.2 Å². The average Bonchev–Trinajstić information content (AvgIpc) is 2.29. The number of hydrogen-bond acceptors (Lipinski definition) is 4. The third-order valence-corrected chi connectivity index (χ3v) is 3.15. The normalized spacial score (nSPS) is 13.0. The van der Waals surface area contributed by atoms with E-state index in [0.717, 1.165) is 0 Å². The molecule has 18 heavy (non-hydrogen) atoms. The van der Waals surface area contributed by atoms with Gasteiger partial charge in [0.1, 0.15) is 0 Å². The highest BCUT2D eigenvalue weighted by Gasteiger charge is 2.15. The van der Waals surface area contributed by atoms with Crippen molar-refractivity contribution in [1.29, 1.82) is 0 Å². The van der Waals surface area contributed by atoms with Crippen LogP contribution in [0.3, 0.4) is 0 Å². The van der Waals surface area contributed by atoms with E-state index in [1.165, 1.54) is 0 Å². The van der Waals surface area contributed by atoms with Crippen LogP contribution in [0.4, 0.5) is 0 Å². The largest absolute Gasteiger partial charge is 0.395 e. The van der Waals surface area contributed by atoms with Crippen molar-refractivity contribution in [2.24, 2.45) is 0 Å². The minimum atomic E-state index is -0.784. The molecular weight excluding hydrogens is 277 g/mol. The molecule has 3 N–H and O–H groups in total. The van der Waals surface area contributed by atoms with Crippen molar-refractivity contribution in [3.63, 3.8) is 0 Å². The van der Waals surface area contributed by atoms with Gasteiger partial charge in [-0.25, -0.2) is 0 Å². The lowest BCUT2D eigenvalue weighted by molar-refractivity contribution is 0.0875. The molecule has 0 aromatic heterocycles. The van der Waals surface area contributed by atoms with Gasteiger partial charge in [-0.3, -0.25) is 4.90 Å². The highest BCUT2D eigenvalue weighted by atomic mass is 35.5. The maximum atomic E-state index is 10.1. The maximum absolute atomic E-state index is 10.1. The zero-order valence-electron chi connectivity index (χ0n) is 9.89. The Kier molecular flexibility index (Phi) is 6.92. The molecule has 1 rings (SSSR count). The minimum Gasteiger partial charge on any atom is -0.395 e. The molecule has 102 valence electrons. The molecule has 0 aliphatic heterocycles. The summed E-state index contributed by atoms with van der Waals surface area (Å²) in [5.41, 5.74) is 0.585. The molecule has 0 saturated heterocycles. The monoisotopic (exact) mass is 293 g/mol. The predicted octanol–water partition coefficient (Wildman–Crippen LogP) is 1.31. The lowest BCUT2D eigenvalue weighted by Crippen LogP contribution is -2.33. The number of halogens is 2. The number of rotatable bonds is 7. The van der Waals surface area contributed by atoms with Gasteiger partial charge < -0.3 is 15.3 Å². The van der Waals surface area contributed by atoms with Crippen molar-refractivity contribution < 1.29 is 15.3 Å². The summed E-state index contributed by atoms with van der Waals surface area (Å²) in [7, 11) is 0. The highest BCUT2D eigenvalue weighted by Crippen LogP contribution is 2.26. The van der Waals surface area contributed by atoms with Crippen molar-refractivity contribution in [2.75, 3.05) is 32.8 Å². The summed E-state index contributed by atoms with van der Waals surface area (Å²) in [5.74, 6) is 0. The Morgan fingerprint density at radius 2 is 1.72 bits per heavy atom. The van der Waals surface area contributed by atoms with Crippen LogP contribution in [0.5, 0.6) is 0 Å². The predicted molar refractivity (Wildman–Crippen MR) is 72.0 cm³/mol. The van der Waals surface area contributed by atoms with Gasteiger partial charge in [-0.15, -0.1) is 0 Å². The van der Waals surface area contributed by atoms with Crippen LogP contribution in [0.1, 0.15) is 11.7 Å². The van der Waals surface area contributed by atoms with Gasteiger partial charge in [-0.1, -0.05) is 29.3 Å². The first kappa shape index (κ1) is 15.7. The first-order valence-electron chi connectivity index (χ1n) is 5.65. The number of aliphatic hydroxyl groups excluding tert-OH is 3. The fraction of sp³-hybridized carbons (Fsp3) is 0.500. The molecule has 0 aliphatic carbocycles. The van der Waals surface area contributed by atoms with E-state index in [1.54, 1.807) is 23.1 Å². The molecule has 0 aliphatic rings. The van der Waals surface area contributed by atoms with E-state index in [0.29, 0.717) is 35.2 Å². The van der Waals surface area contributed by atoms with Crippen LogP contribution < -0.4 is 0 Å². The molecule has 4 nitrogen and oxygen atoms in total. The number of benzene rings is 1. The SMILES string of the molecule is OCCN(CCO)CC(O)c1ccc(Cl)cc1Cl. The molecular formula is C12H17Cl2NO3. The van der Waals surface area contributed by atoms with Gasteiger partial charge in [0.05, 0.1) is 19.3 Å². The van der Waals surface area contributed by atoms with E-state index in [2.05, 4.69) is 0 Å². The molecule has 1 aromatic carbocycles. The van der Waals surface area contributed by atoms with Gasteiger partial charge in [-0.05, 0) is 12.1 Å². The Hall–Kier alpha value is -0.360. The molecule has 0 amide bonds. The van der Waals surface area contributed by atoms with E-state index >= 15 is 0 Å². The second kappa shape index (κ2) is 7.94. The summed E-state index contributed by atoms with van der Waals surface area (Å²) in [6.07, 6.45) is -0.784.